The monoisotopic (exact) mass is 239 g/mol. The van der Waals surface area contributed by atoms with Crippen molar-refractivity contribution >= 4 is 22.9 Å². The second-order valence-corrected chi connectivity index (χ2v) is 5.76. The van der Waals surface area contributed by atoms with Gasteiger partial charge in [0, 0.05) is 23.4 Å². The minimum atomic E-state index is 0.379. The van der Waals surface area contributed by atoms with Crippen molar-refractivity contribution in [3.8, 4) is 12.3 Å². The zero-order valence-corrected chi connectivity index (χ0v) is 10.3. The van der Waals surface area contributed by atoms with Crippen molar-refractivity contribution < 1.29 is 0 Å². The molecular formula is C12H14ClNS. The van der Waals surface area contributed by atoms with Gasteiger partial charge in [-0.05, 0) is 31.4 Å². The van der Waals surface area contributed by atoms with Crippen LogP contribution in [0, 0.1) is 12.3 Å². The third-order valence-corrected chi connectivity index (χ3v) is 4.10. The Hall–Kier alpha value is -0.490. The number of thiophene rings is 1. The number of fused-ring (bicyclic) bond motifs is 1. The van der Waals surface area contributed by atoms with Gasteiger partial charge in [0.1, 0.15) is 0 Å². The van der Waals surface area contributed by atoms with Gasteiger partial charge in [0.05, 0.1) is 4.34 Å². The molecule has 0 bridgehead atoms. The van der Waals surface area contributed by atoms with E-state index in [1.165, 1.54) is 16.9 Å². The second-order valence-electron chi connectivity index (χ2n) is 4.00. The minimum Gasteiger partial charge on any atom is -0.306 e. The molecule has 0 aliphatic heterocycles. The Morgan fingerprint density at radius 1 is 1.80 bits per heavy atom. The lowest BCUT2D eigenvalue weighted by Crippen LogP contribution is -2.28. The third-order valence-electron chi connectivity index (χ3n) is 2.76. The number of hydrogen-bond donors (Lipinski definition) is 1. The maximum atomic E-state index is 6.00. The lowest BCUT2D eigenvalue weighted by atomic mass is 10.1. The average Bonchev–Trinajstić information content (AvgIpc) is 2.67. The van der Waals surface area contributed by atoms with E-state index in [2.05, 4.69) is 24.2 Å². The van der Waals surface area contributed by atoms with Crippen molar-refractivity contribution in [2.75, 3.05) is 0 Å². The van der Waals surface area contributed by atoms with Crippen LogP contribution in [0.5, 0.6) is 0 Å². The summed E-state index contributed by atoms with van der Waals surface area (Å²) in [5.41, 5.74) is 1.38. The summed E-state index contributed by atoms with van der Waals surface area (Å²) >= 11 is 7.71. The summed E-state index contributed by atoms with van der Waals surface area (Å²) < 4.78 is 0.899. The van der Waals surface area contributed by atoms with Crippen molar-refractivity contribution in [1.82, 2.24) is 5.32 Å². The van der Waals surface area contributed by atoms with Crippen molar-refractivity contribution in [1.29, 1.82) is 0 Å². The Kier molecular flexibility index (Phi) is 3.35. The van der Waals surface area contributed by atoms with Gasteiger partial charge >= 0.3 is 0 Å². The Balaban J connectivity index is 2.04. The van der Waals surface area contributed by atoms with Crippen molar-refractivity contribution in [3.63, 3.8) is 0 Å². The molecular weight excluding hydrogens is 226 g/mol. The minimum absolute atomic E-state index is 0.379. The molecule has 2 unspecified atom stereocenters. The molecule has 0 radical (unpaired) electrons. The lowest BCUT2D eigenvalue weighted by molar-refractivity contribution is 0.459. The quantitative estimate of drug-likeness (QED) is 0.798. The van der Waals surface area contributed by atoms with E-state index in [4.69, 9.17) is 18.0 Å². The van der Waals surface area contributed by atoms with Crippen LogP contribution in [0.2, 0.25) is 4.34 Å². The summed E-state index contributed by atoms with van der Waals surface area (Å²) in [6.07, 6.45) is 8.39. The molecule has 80 valence electrons. The van der Waals surface area contributed by atoms with E-state index in [0.29, 0.717) is 12.1 Å². The number of rotatable bonds is 3. The number of hydrogen-bond acceptors (Lipinski definition) is 2. The van der Waals surface area contributed by atoms with Gasteiger partial charge in [-0.25, -0.2) is 0 Å². The van der Waals surface area contributed by atoms with Crippen LogP contribution in [-0.4, -0.2) is 6.04 Å². The molecule has 0 saturated heterocycles. The maximum Gasteiger partial charge on any atom is 0.0934 e. The van der Waals surface area contributed by atoms with Crippen LogP contribution in [0.25, 0.3) is 0 Å². The molecule has 0 spiro atoms. The highest BCUT2D eigenvalue weighted by Crippen LogP contribution is 2.39. The number of aryl methyl sites for hydroxylation is 1. The first-order valence-corrected chi connectivity index (χ1v) is 6.37. The molecule has 0 saturated carbocycles. The predicted molar refractivity (Wildman–Crippen MR) is 66.4 cm³/mol. The largest absolute Gasteiger partial charge is 0.306 e. The highest BCUT2D eigenvalue weighted by molar-refractivity contribution is 7.16. The van der Waals surface area contributed by atoms with E-state index in [1.54, 1.807) is 11.3 Å². The fourth-order valence-electron chi connectivity index (χ4n) is 2.08. The lowest BCUT2D eigenvalue weighted by Gasteiger charge is -2.17. The highest BCUT2D eigenvalue weighted by Gasteiger charge is 2.25. The third kappa shape index (κ3) is 2.36. The van der Waals surface area contributed by atoms with E-state index in [1.807, 2.05) is 0 Å². The zero-order chi connectivity index (χ0) is 10.8. The van der Waals surface area contributed by atoms with Crippen LogP contribution >= 0.6 is 22.9 Å². The van der Waals surface area contributed by atoms with Gasteiger partial charge in [-0.15, -0.1) is 23.7 Å². The molecule has 2 atom stereocenters. The van der Waals surface area contributed by atoms with Crippen LogP contribution in [-0.2, 0) is 6.42 Å². The van der Waals surface area contributed by atoms with Crippen molar-refractivity contribution in [2.24, 2.45) is 0 Å². The predicted octanol–water partition coefficient (Wildman–Crippen LogP) is 3.39. The Bertz CT molecular complexity index is 391. The first-order chi connectivity index (χ1) is 7.20. The highest BCUT2D eigenvalue weighted by atomic mass is 35.5. The van der Waals surface area contributed by atoms with E-state index >= 15 is 0 Å². The molecule has 1 N–H and O–H groups in total. The van der Waals surface area contributed by atoms with Crippen LogP contribution in [0.4, 0.5) is 0 Å². The van der Waals surface area contributed by atoms with Gasteiger partial charge in [-0.2, -0.15) is 0 Å². The number of halogens is 1. The van der Waals surface area contributed by atoms with Crippen LogP contribution in [0.1, 0.15) is 36.2 Å². The fourth-order valence-corrected chi connectivity index (χ4v) is 3.44. The summed E-state index contributed by atoms with van der Waals surface area (Å²) in [5, 5.41) is 3.55. The molecule has 15 heavy (non-hydrogen) atoms. The van der Waals surface area contributed by atoms with Crippen molar-refractivity contribution in [2.45, 2.75) is 38.3 Å². The number of nitrogens with one attached hydrogen (secondary N) is 1. The van der Waals surface area contributed by atoms with Crippen LogP contribution < -0.4 is 5.32 Å². The normalized spacial score (nSPS) is 21.0. The van der Waals surface area contributed by atoms with Crippen LogP contribution in [0.15, 0.2) is 6.07 Å². The second kappa shape index (κ2) is 4.57. The Morgan fingerprint density at radius 3 is 3.33 bits per heavy atom. The molecule has 2 rings (SSSR count). The van der Waals surface area contributed by atoms with E-state index in [0.717, 1.165) is 17.2 Å². The van der Waals surface area contributed by atoms with Gasteiger partial charge in [0.15, 0.2) is 0 Å². The molecule has 1 heterocycles. The standard InChI is InChI=1S/C12H14ClNS/c1-3-4-8(2)14-10-5-6-11-9(10)7-12(13)15-11/h1,7-8,10,14H,4-6H2,2H3. The molecule has 1 aromatic heterocycles. The smallest absolute Gasteiger partial charge is 0.0934 e. The summed E-state index contributed by atoms with van der Waals surface area (Å²) in [5.74, 6) is 2.68. The molecule has 1 aliphatic carbocycles. The Morgan fingerprint density at radius 2 is 2.60 bits per heavy atom. The molecule has 0 fully saturated rings. The summed E-state index contributed by atoms with van der Waals surface area (Å²) in [6.45, 7) is 2.13. The SMILES string of the molecule is C#CCC(C)NC1CCc2sc(Cl)cc21. The van der Waals surface area contributed by atoms with E-state index in [9.17, 15) is 0 Å². The van der Waals surface area contributed by atoms with Crippen molar-refractivity contribution in [3.05, 3.63) is 20.8 Å². The van der Waals surface area contributed by atoms with Crippen LogP contribution in [0.3, 0.4) is 0 Å². The summed E-state index contributed by atoms with van der Waals surface area (Å²) in [6, 6.07) is 2.92. The van der Waals surface area contributed by atoms with Gasteiger partial charge in [0.2, 0.25) is 0 Å². The zero-order valence-electron chi connectivity index (χ0n) is 8.72. The van der Waals surface area contributed by atoms with Gasteiger partial charge < -0.3 is 5.32 Å². The van der Waals surface area contributed by atoms with E-state index < -0.39 is 0 Å². The van der Waals surface area contributed by atoms with E-state index in [-0.39, 0.29) is 0 Å². The molecule has 3 heteroatoms. The average molecular weight is 240 g/mol. The summed E-state index contributed by atoms with van der Waals surface area (Å²) in [4.78, 5) is 1.44. The fraction of sp³-hybridized carbons (Fsp3) is 0.500. The Labute approximate surface area is 99.8 Å². The van der Waals surface area contributed by atoms with Gasteiger partial charge in [-0.3, -0.25) is 0 Å². The molecule has 1 nitrogen and oxygen atoms in total. The number of terminal acetylenes is 1. The molecule has 1 aliphatic rings. The first kappa shape index (κ1) is 11.0. The summed E-state index contributed by atoms with van der Waals surface area (Å²) in [7, 11) is 0. The molecule has 0 amide bonds. The first-order valence-electron chi connectivity index (χ1n) is 5.18. The maximum absolute atomic E-state index is 6.00. The molecule has 1 aromatic rings. The molecule has 0 aromatic carbocycles. The topological polar surface area (TPSA) is 12.0 Å². The van der Waals surface area contributed by atoms with Gasteiger partial charge in [-0.1, -0.05) is 11.6 Å². The van der Waals surface area contributed by atoms with Gasteiger partial charge in [0.25, 0.3) is 0 Å².